The molecular formula is C10H8ClFN2S. The molecule has 1 aromatic carbocycles. The van der Waals surface area contributed by atoms with Crippen molar-refractivity contribution in [3.63, 3.8) is 0 Å². The molecule has 0 aliphatic rings. The fraction of sp³-hybridized carbons (Fsp3) is 0.100. The van der Waals surface area contributed by atoms with Gasteiger partial charge in [0.25, 0.3) is 0 Å². The lowest BCUT2D eigenvalue weighted by molar-refractivity contribution is 0.628. The molecule has 1 N–H and O–H groups in total. The maximum atomic E-state index is 13.1. The molecule has 1 heterocycles. The minimum atomic E-state index is -0.416. The number of nitrogens with zero attached hydrogens (tertiary/aromatic N) is 1. The zero-order valence-corrected chi connectivity index (χ0v) is 9.28. The number of benzene rings is 1. The molecule has 0 atom stereocenters. The van der Waals surface area contributed by atoms with E-state index in [0.29, 0.717) is 12.2 Å². The van der Waals surface area contributed by atoms with Crippen molar-refractivity contribution < 1.29 is 4.39 Å². The van der Waals surface area contributed by atoms with E-state index in [2.05, 4.69) is 10.3 Å². The molecule has 15 heavy (non-hydrogen) atoms. The van der Waals surface area contributed by atoms with E-state index in [-0.39, 0.29) is 5.02 Å². The summed E-state index contributed by atoms with van der Waals surface area (Å²) in [4.78, 5) is 4.11. The van der Waals surface area contributed by atoms with Crippen LogP contribution in [0.15, 0.2) is 29.8 Å². The quantitative estimate of drug-likeness (QED) is 0.891. The van der Waals surface area contributed by atoms with Crippen LogP contribution in [0.2, 0.25) is 5.02 Å². The standard InChI is InChI=1S/C10H8ClFN2S/c11-8-2-1-7(5-9(8)12)14-6-10-13-3-4-15-10/h1-5,14H,6H2. The van der Waals surface area contributed by atoms with Crippen molar-refractivity contribution in [1.29, 1.82) is 0 Å². The van der Waals surface area contributed by atoms with Gasteiger partial charge in [-0.05, 0) is 18.2 Å². The highest BCUT2D eigenvalue weighted by Gasteiger charge is 2.01. The van der Waals surface area contributed by atoms with E-state index in [1.807, 2.05) is 5.38 Å². The van der Waals surface area contributed by atoms with E-state index in [4.69, 9.17) is 11.6 Å². The Hall–Kier alpha value is -1.13. The Morgan fingerprint density at radius 3 is 3.00 bits per heavy atom. The molecule has 2 nitrogen and oxygen atoms in total. The predicted molar refractivity (Wildman–Crippen MR) is 60.9 cm³/mol. The summed E-state index contributed by atoms with van der Waals surface area (Å²) in [6.45, 7) is 0.596. The van der Waals surface area contributed by atoms with E-state index in [1.165, 1.54) is 12.1 Å². The number of halogens is 2. The summed E-state index contributed by atoms with van der Waals surface area (Å²) in [6.07, 6.45) is 1.74. The van der Waals surface area contributed by atoms with E-state index in [0.717, 1.165) is 5.01 Å². The third-order valence-electron chi connectivity index (χ3n) is 1.85. The summed E-state index contributed by atoms with van der Waals surface area (Å²) in [5, 5.41) is 6.06. The van der Waals surface area contributed by atoms with Crippen molar-refractivity contribution in [2.75, 3.05) is 5.32 Å². The summed E-state index contributed by atoms with van der Waals surface area (Å²) in [5.41, 5.74) is 0.701. The molecule has 0 radical (unpaired) electrons. The zero-order valence-electron chi connectivity index (χ0n) is 7.71. The Balaban J connectivity index is 2.02. The van der Waals surface area contributed by atoms with Gasteiger partial charge in [0.15, 0.2) is 0 Å². The van der Waals surface area contributed by atoms with Crippen molar-refractivity contribution in [2.24, 2.45) is 0 Å². The van der Waals surface area contributed by atoms with Crippen LogP contribution in [0.5, 0.6) is 0 Å². The number of nitrogens with one attached hydrogen (secondary N) is 1. The number of hydrogen-bond donors (Lipinski definition) is 1. The van der Waals surface area contributed by atoms with Crippen LogP contribution >= 0.6 is 22.9 Å². The molecule has 0 spiro atoms. The normalized spacial score (nSPS) is 10.3. The molecular weight excluding hydrogens is 235 g/mol. The number of thiazole rings is 1. The largest absolute Gasteiger partial charge is 0.378 e. The molecule has 0 amide bonds. The van der Waals surface area contributed by atoms with Gasteiger partial charge in [-0.25, -0.2) is 9.37 Å². The number of aromatic nitrogens is 1. The van der Waals surface area contributed by atoms with E-state index in [9.17, 15) is 4.39 Å². The molecule has 0 aliphatic heterocycles. The van der Waals surface area contributed by atoms with Gasteiger partial charge in [0.1, 0.15) is 10.8 Å². The average Bonchev–Trinajstić information content (AvgIpc) is 2.73. The fourth-order valence-corrected chi connectivity index (χ4v) is 1.80. The van der Waals surface area contributed by atoms with E-state index < -0.39 is 5.82 Å². The van der Waals surface area contributed by atoms with Crippen LogP contribution in [0, 0.1) is 5.82 Å². The second-order valence-corrected chi connectivity index (χ2v) is 4.29. The van der Waals surface area contributed by atoms with Crippen molar-refractivity contribution in [3.05, 3.63) is 45.6 Å². The molecule has 2 aromatic rings. The maximum absolute atomic E-state index is 13.1. The third-order valence-corrected chi connectivity index (χ3v) is 2.93. The van der Waals surface area contributed by atoms with Crippen LogP contribution < -0.4 is 5.32 Å². The molecule has 0 bridgehead atoms. The van der Waals surface area contributed by atoms with Gasteiger partial charge >= 0.3 is 0 Å². The number of hydrogen-bond acceptors (Lipinski definition) is 3. The summed E-state index contributed by atoms with van der Waals surface area (Å²) in [6, 6.07) is 4.63. The second kappa shape index (κ2) is 4.59. The van der Waals surface area contributed by atoms with Gasteiger partial charge in [-0.15, -0.1) is 11.3 Å². The van der Waals surface area contributed by atoms with Crippen molar-refractivity contribution >= 4 is 28.6 Å². The summed E-state index contributed by atoms with van der Waals surface area (Å²) in [5.74, 6) is -0.416. The first-order valence-electron chi connectivity index (χ1n) is 4.33. The van der Waals surface area contributed by atoms with Gasteiger partial charge < -0.3 is 5.32 Å². The number of rotatable bonds is 3. The van der Waals surface area contributed by atoms with Crippen LogP contribution in [0.1, 0.15) is 5.01 Å². The molecule has 0 saturated heterocycles. The van der Waals surface area contributed by atoms with Gasteiger partial charge in [0, 0.05) is 17.3 Å². The van der Waals surface area contributed by atoms with Crippen LogP contribution in [-0.2, 0) is 6.54 Å². The lowest BCUT2D eigenvalue weighted by Gasteiger charge is -2.04. The Kier molecular flexibility index (Phi) is 3.18. The van der Waals surface area contributed by atoms with Crippen molar-refractivity contribution in [1.82, 2.24) is 4.98 Å². The highest BCUT2D eigenvalue weighted by atomic mass is 35.5. The fourth-order valence-electron chi connectivity index (χ4n) is 1.12. The van der Waals surface area contributed by atoms with Crippen molar-refractivity contribution in [2.45, 2.75) is 6.54 Å². The monoisotopic (exact) mass is 242 g/mol. The van der Waals surface area contributed by atoms with Gasteiger partial charge in [-0.3, -0.25) is 0 Å². The van der Waals surface area contributed by atoms with Crippen molar-refractivity contribution in [3.8, 4) is 0 Å². The second-order valence-electron chi connectivity index (χ2n) is 2.91. The highest BCUT2D eigenvalue weighted by Crippen LogP contribution is 2.19. The SMILES string of the molecule is Fc1cc(NCc2nccs2)ccc1Cl. The topological polar surface area (TPSA) is 24.9 Å². The maximum Gasteiger partial charge on any atom is 0.143 e. The predicted octanol–water partition coefficient (Wildman–Crippen LogP) is 3.55. The smallest absolute Gasteiger partial charge is 0.143 e. The van der Waals surface area contributed by atoms with E-state index in [1.54, 1.807) is 23.6 Å². The molecule has 78 valence electrons. The summed E-state index contributed by atoms with van der Waals surface area (Å²) >= 11 is 7.12. The Morgan fingerprint density at radius 2 is 2.33 bits per heavy atom. The lowest BCUT2D eigenvalue weighted by Crippen LogP contribution is -1.98. The molecule has 0 fully saturated rings. The Morgan fingerprint density at radius 1 is 1.47 bits per heavy atom. The van der Waals surface area contributed by atoms with Crippen LogP contribution in [-0.4, -0.2) is 4.98 Å². The van der Waals surface area contributed by atoms with E-state index >= 15 is 0 Å². The molecule has 0 aliphatic carbocycles. The molecule has 5 heteroatoms. The number of anilines is 1. The van der Waals surface area contributed by atoms with Crippen LogP contribution in [0.25, 0.3) is 0 Å². The third kappa shape index (κ3) is 2.67. The summed E-state index contributed by atoms with van der Waals surface area (Å²) in [7, 11) is 0. The minimum absolute atomic E-state index is 0.134. The van der Waals surface area contributed by atoms with Gasteiger partial charge in [-0.2, -0.15) is 0 Å². The zero-order chi connectivity index (χ0) is 10.7. The minimum Gasteiger partial charge on any atom is -0.378 e. The molecule has 2 rings (SSSR count). The molecule has 0 saturated carbocycles. The van der Waals surface area contributed by atoms with Crippen LogP contribution in [0.4, 0.5) is 10.1 Å². The first-order chi connectivity index (χ1) is 7.25. The molecule has 1 aromatic heterocycles. The average molecular weight is 243 g/mol. The van der Waals surface area contributed by atoms with Gasteiger partial charge in [-0.1, -0.05) is 11.6 Å². The van der Waals surface area contributed by atoms with Gasteiger partial charge in [0.05, 0.1) is 11.6 Å². The first-order valence-corrected chi connectivity index (χ1v) is 5.59. The molecule has 0 unspecified atom stereocenters. The highest BCUT2D eigenvalue weighted by molar-refractivity contribution is 7.09. The Labute approximate surface area is 95.7 Å². The lowest BCUT2D eigenvalue weighted by atomic mass is 10.3. The van der Waals surface area contributed by atoms with Gasteiger partial charge in [0.2, 0.25) is 0 Å². The van der Waals surface area contributed by atoms with Crippen LogP contribution in [0.3, 0.4) is 0 Å². The Bertz CT molecular complexity index is 445. The summed E-state index contributed by atoms with van der Waals surface area (Å²) < 4.78 is 13.1. The first kappa shape index (κ1) is 10.4.